The van der Waals surface area contributed by atoms with Gasteiger partial charge in [-0.2, -0.15) is 0 Å². The lowest BCUT2D eigenvalue weighted by molar-refractivity contribution is 0.660. The molecule has 11 aromatic rings. The molecule has 2 aliphatic rings. The molecular formula is C58H41NO2. The average Bonchev–Trinajstić information content (AvgIpc) is 3.99. The van der Waals surface area contributed by atoms with Gasteiger partial charge in [-0.15, -0.1) is 0 Å². The fraction of sp³-hybridized carbons (Fsp3) is 0.103. The van der Waals surface area contributed by atoms with E-state index >= 15 is 0 Å². The topological polar surface area (TPSA) is 29.5 Å². The fourth-order valence-corrected chi connectivity index (χ4v) is 11.1. The molecule has 2 aliphatic carbocycles. The molecule has 0 bridgehead atoms. The van der Waals surface area contributed by atoms with Gasteiger partial charge in [-0.25, -0.2) is 0 Å². The molecule has 3 heteroatoms. The Hall–Kier alpha value is -7.36. The molecule has 2 aromatic heterocycles. The van der Waals surface area contributed by atoms with Crippen LogP contribution in [0.2, 0.25) is 0 Å². The number of hydrogen-bond donors (Lipinski definition) is 0. The highest BCUT2D eigenvalue weighted by atomic mass is 16.3. The summed E-state index contributed by atoms with van der Waals surface area (Å²) in [7, 11) is 0. The molecule has 0 aliphatic heterocycles. The minimum absolute atomic E-state index is 0.139. The lowest BCUT2D eigenvalue weighted by atomic mass is 9.81. The first kappa shape index (κ1) is 34.5. The summed E-state index contributed by atoms with van der Waals surface area (Å²) in [6, 6.07) is 64.3. The SMILES string of the molecule is CC1(C)c2ccccc2-c2ccc(-c3ccc(N(c4ccc5c(c4)C(C)(C)c4ccccc4-5)c4cccc5ccccc45)c4oc5ccc6oc7ccccc7c6c5c34)cc21. The Morgan fingerprint density at radius 3 is 1.74 bits per heavy atom. The fourth-order valence-electron chi connectivity index (χ4n) is 11.1. The summed E-state index contributed by atoms with van der Waals surface area (Å²) in [4.78, 5) is 2.43. The van der Waals surface area contributed by atoms with Gasteiger partial charge in [0.15, 0.2) is 5.58 Å². The molecule has 0 atom stereocenters. The number of para-hydroxylation sites is 1. The van der Waals surface area contributed by atoms with Gasteiger partial charge in [-0.3, -0.25) is 0 Å². The van der Waals surface area contributed by atoms with Crippen molar-refractivity contribution in [3.05, 3.63) is 198 Å². The summed E-state index contributed by atoms with van der Waals surface area (Å²) in [6.45, 7) is 9.42. The number of fused-ring (bicyclic) bond motifs is 14. The lowest BCUT2D eigenvalue weighted by Gasteiger charge is -2.29. The number of hydrogen-bond acceptors (Lipinski definition) is 3. The summed E-state index contributed by atoms with van der Waals surface area (Å²) in [5, 5.41) is 6.67. The van der Waals surface area contributed by atoms with Gasteiger partial charge in [0.25, 0.3) is 0 Å². The summed E-state index contributed by atoms with van der Waals surface area (Å²) >= 11 is 0. The van der Waals surface area contributed by atoms with Crippen molar-refractivity contribution in [2.24, 2.45) is 0 Å². The Balaban J connectivity index is 1.13. The van der Waals surface area contributed by atoms with E-state index in [0.717, 1.165) is 72.1 Å². The van der Waals surface area contributed by atoms with Crippen molar-refractivity contribution >= 4 is 71.7 Å². The predicted octanol–water partition coefficient (Wildman–Crippen LogP) is 16.4. The first-order valence-electron chi connectivity index (χ1n) is 21.3. The first-order chi connectivity index (χ1) is 29.8. The van der Waals surface area contributed by atoms with Gasteiger partial charge in [-0.05, 0) is 110 Å². The third-order valence-electron chi connectivity index (χ3n) is 14.1. The van der Waals surface area contributed by atoms with E-state index in [1.165, 1.54) is 55.3 Å². The molecule has 0 fully saturated rings. The van der Waals surface area contributed by atoms with E-state index in [4.69, 9.17) is 8.83 Å². The van der Waals surface area contributed by atoms with E-state index in [0.29, 0.717) is 0 Å². The summed E-state index contributed by atoms with van der Waals surface area (Å²) in [6.07, 6.45) is 0. The third-order valence-corrected chi connectivity index (χ3v) is 14.1. The van der Waals surface area contributed by atoms with E-state index in [2.05, 4.69) is 202 Å². The van der Waals surface area contributed by atoms with Crippen molar-refractivity contribution < 1.29 is 8.83 Å². The molecule has 0 radical (unpaired) electrons. The monoisotopic (exact) mass is 783 g/mol. The van der Waals surface area contributed by atoms with E-state index in [-0.39, 0.29) is 10.8 Å². The normalized spacial score (nSPS) is 14.5. The maximum atomic E-state index is 7.29. The maximum absolute atomic E-state index is 7.29. The molecule has 9 aromatic carbocycles. The Morgan fingerprint density at radius 1 is 0.377 bits per heavy atom. The van der Waals surface area contributed by atoms with Gasteiger partial charge >= 0.3 is 0 Å². The van der Waals surface area contributed by atoms with Gasteiger partial charge in [0, 0.05) is 43.4 Å². The van der Waals surface area contributed by atoms with Crippen LogP contribution < -0.4 is 4.90 Å². The van der Waals surface area contributed by atoms with Crippen molar-refractivity contribution in [1.29, 1.82) is 0 Å². The molecule has 0 unspecified atom stereocenters. The van der Waals surface area contributed by atoms with Crippen LogP contribution in [0.5, 0.6) is 0 Å². The van der Waals surface area contributed by atoms with Crippen LogP contribution in [0.15, 0.2) is 185 Å². The van der Waals surface area contributed by atoms with Gasteiger partial charge in [0.2, 0.25) is 0 Å². The Bertz CT molecular complexity index is 3660. The van der Waals surface area contributed by atoms with Crippen molar-refractivity contribution in [3.8, 4) is 33.4 Å². The Morgan fingerprint density at radius 2 is 0.967 bits per heavy atom. The minimum Gasteiger partial charge on any atom is -0.456 e. The predicted molar refractivity (Wildman–Crippen MR) is 254 cm³/mol. The molecule has 61 heavy (non-hydrogen) atoms. The molecule has 0 amide bonds. The zero-order valence-corrected chi connectivity index (χ0v) is 34.5. The summed E-state index contributed by atoms with van der Waals surface area (Å²) in [5.74, 6) is 0. The molecule has 0 saturated heterocycles. The second-order valence-electron chi connectivity index (χ2n) is 18.0. The van der Waals surface area contributed by atoms with Crippen LogP contribution in [-0.2, 0) is 10.8 Å². The van der Waals surface area contributed by atoms with Crippen LogP contribution in [0.3, 0.4) is 0 Å². The number of benzene rings is 9. The Kier molecular flexibility index (Phi) is 6.85. The molecule has 3 nitrogen and oxygen atoms in total. The lowest BCUT2D eigenvalue weighted by Crippen LogP contribution is -2.16. The van der Waals surface area contributed by atoms with Gasteiger partial charge in [0.05, 0.1) is 11.4 Å². The van der Waals surface area contributed by atoms with E-state index in [1.54, 1.807) is 0 Å². The molecule has 0 N–H and O–H groups in total. The van der Waals surface area contributed by atoms with Gasteiger partial charge in [0.1, 0.15) is 16.7 Å². The molecule has 0 spiro atoms. The van der Waals surface area contributed by atoms with Crippen LogP contribution in [0.4, 0.5) is 17.1 Å². The van der Waals surface area contributed by atoms with Gasteiger partial charge in [-0.1, -0.05) is 155 Å². The van der Waals surface area contributed by atoms with E-state index < -0.39 is 0 Å². The molecule has 2 heterocycles. The maximum Gasteiger partial charge on any atom is 0.160 e. The van der Waals surface area contributed by atoms with Crippen molar-refractivity contribution in [2.45, 2.75) is 38.5 Å². The summed E-state index contributed by atoms with van der Waals surface area (Å²) < 4.78 is 13.8. The van der Waals surface area contributed by atoms with Crippen molar-refractivity contribution in [1.82, 2.24) is 0 Å². The van der Waals surface area contributed by atoms with Crippen LogP contribution in [0.1, 0.15) is 49.9 Å². The first-order valence-corrected chi connectivity index (χ1v) is 21.3. The second kappa shape index (κ2) is 12.1. The Labute approximate surface area is 354 Å². The van der Waals surface area contributed by atoms with Crippen LogP contribution >= 0.6 is 0 Å². The number of nitrogens with zero attached hydrogens (tertiary/aromatic N) is 1. The molecule has 0 saturated carbocycles. The third kappa shape index (κ3) is 4.64. The molecule has 13 rings (SSSR count). The van der Waals surface area contributed by atoms with Crippen molar-refractivity contribution in [2.75, 3.05) is 4.90 Å². The number of rotatable bonds is 4. The largest absolute Gasteiger partial charge is 0.456 e. The zero-order chi connectivity index (χ0) is 40.8. The number of anilines is 3. The van der Waals surface area contributed by atoms with E-state index in [9.17, 15) is 0 Å². The molecule has 290 valence electrons. The average molecular weight is 784 g/mol. The van der Waals surface area contributed by atoms with Crippen molar-refractivity contribution in [3.63, 3.8) is 0 Å². The summed E-state index contributed by atoms with van der Waals surface area (Å²) in [5.41, 5.74) is 19.2. The van der Waals surface area contributed by atoms with Crippen LogP contribution in [0, 0.1) is 0 Å². The number of furan rings is 2. The van der Waals surface area contributed by atoms with E-state index in [1.807, 2.05) is 6.07 Å². The quantitative estimate of drug-likeness (QED) is 0.178. The standard InChI is InChI=1S/C58H41NO2/c1-57(2)44-20-10-7-17-39(44)41-26-24-35(32-46(41)57)38-28-29-49(56-54(38)55-52(61-56)31-30-51-53(55)43-19-9-12-23-50(43)60-51)59(48-22-13-15-34-14-5-6-16-37(34)48)36-25-27-42-40-18-8-11-21-45(40)58(3,4)47(42)33-36/h5-33H,1-4H3. The molecular weight excluding hydrogens is 743 g/mol. The zero-order valence-electron chi connectivity index (χ0n) is 34.5. The highest BCUT2D eigenvalue weighted by molar-refractivity contribution is 6.30. The van der Waals surface area contributed by atoms with Crippen LogP contribution in [0.25, 0.3) is 88.0 Å². The van der Waals surface area contributed by atoms with Crippen LogP contribution in [-0.4, -0.2) is 0 Å². The highest BCUT2D eigenvalue weighted by Crippen LogP contribution is 2.55. The highest BCUT2D eigenvalue weighted by Gasteiger charge is 2.37. The van der Waals surface area contributed by atoms with Gasteiger partial charge < -0.3 is 13.7 Å². The smallest absolute Gasteiger partial charge is 0.160 e. The second-order valence-corrected chi connectivity index (χ2v) is 18.0. The minimum atomic E-state index is -0.167.